The van der Waals surface area contributed by atoms with Crippen LogP contribution in [0.15, 0.2) is 15.8 Å². The van der Waals surface area contributed by atoms with Crippen LogP contribution in [0.2, 0.25) is 0 Å². The second kappa shape index (κ2) is 5.79. The van der Waals surface area contributed by atoms with Crippen molar-refractivity contribution < 1.29 is 9.84 Å². The van der Waals surface area contributed by atoms with Gasteiger partial charge >= 0.3 is 5.69 Å². The van der Waals surface area contributed by atoms with Crippen molar-refractivity contribution in [1.29, 1.82) is 0 Å². The average Bonchev–Trinajstić information content (AvgIpc) is 2.30. The Hall–Kier alpha value is -1.40. The van der Waals surface area contributed by atoms with Crippen molar-refractivity contribution in [2.45, 2.75) is 39.5 Å². The fraction of sp³-hybridized carbons (Fsp3) is 0.636. The van der Waals surface area contributed by atoms with Crippen LogP contribution in [0.25, 0.3) is 0 Å². The van der Waals surface area contributed by atoms with Crippen molar-refractivity contribution in [1.82, 2.24) is 9.55 Å². The van der Waals surface area contributed by atoms with Crippen molar-refractivity contribution in [3.8, 4) is 0 Å². The van der Waals surface area contributed by atoms with E-state index in [2.05, 4.69) is 4.98 Å². The molecule has 1 aromatic heterocycles. The Bertz CT molecular complexity index is 473. The molecule has 17 heavy (non-hydrogen) atoms. The normalized spacial score (nSPS) is 14.6. The number of hydrogen-bond donors (Lipinski definition) is 2. The Balaban J connectivity index is 2.96. The van der Waals surface area contributed by atoms with Crippen molar-refractivity contribution in [2.75, 3.05) is 6.61 Å². The second-order valence-electron chi connectivity index (χ2n) is 3.93. The van der Waals surface area contributed by atoms with Gasteiger partial charge in [-0.25, -0.2) is 4.79 Å². The van der Waals surface area contributed by atoms with Crippen LogP contribution in [0.3, 0.4) is 0 Å². The van der Waals surface area contributed by atoms with Gasteiger partial charge in [-0.3, -0.25) is 14.3 Å². The molecule has 0 amide bonds. The summed E-state index contributed by atoms with van der Waals surface area (Å²) >= 11 is 0. The van der Waals surface area contributed by atoms with Gasteiger partial charge in [0.25, 0.3) is 5.56 Å². The van der Waals surface area contributed by atoms with Gasteiger partial charge in [-0.1, -0.05) is 6.92 Å². The third-order valence-corrected chi connectivity index (χ3v) is 2.59. The number of aromatic amines is 1. The highest BCUT2D eigenvalue weighted by Crippen LogP contribution is 2.09. The van der Waals surface area contributed by atoms with Crippen LogP contribution in [-0.4, -0.2) is 27.4 Å². The number of H-pyrrole nitrogens is 1. The van der Waals surface area contributed by atoms with E-state index in [-0.39, 0.29) is 12.7 Å². The van der Waals surface area contributed by atoms with Gasteiger partial charge in [-0.2, -0.15) is 0 Å². The van der Waals surface area contributed by atoms with Gasteiger partial charge < -0.3 is 9.84 Å². The Morgan fingerprint density at radius 2 is 2.18 bits per heavy atom. The third-order valence-electron chi connectivity index (χ3n) is 2.59. The number of aliphatic hydroxyl groups excluding tert-OH is 1. The zero-order chi connectivity index (χ0) is 13.0. The SMILES string of the molecule is CCC(CO)OC(C)n1cc(C)c(=O)[nH]c1=O. The van der Waals surface area contributed by atoms with E-state index in [0.29, 0.717) is 12.0 Å². The molecule has 96 valence electrons. The first-order valence-electron chi connectivity index (χ1n) is 5.58. The molecule has 6 heteroatoms. The van der Waals surface area contributed by atoms with Gasteiger partial charge in [0.05, 0.1) is 12.7 Å². The van der Waals surface area contributed by atoms with Gasteiger partial charge in [0.15, 0.2) is 0 Å². The first-order valence-corrected chi connectivity index (χ1v) is 5.58. The van der Waals surface area contributed by atoms with E-state index in [1.807, 2.05) is 6.92 Å². The van der Waals surface area contributed by atoms with E-state index in [1.165, 1.54) is 10.8 Å². The smallest absolute Gasteiger partial charge is 0.330 e. The monoisotopic (exact) mass is 242 g/mol. The summed E-state index contributed by atoms with van der Waals surface area (Å²) in [6.45, 7) is 5.09. The minimum Gasteiger partial charge on any atom is -0.394 e. The van der Waals surface area contributed by atoms with Crippen molar-refractivity contribution >= 4 is 0 Å². The molecule has 0 aliphatic rings. The number of nitrogens with one attached hydrogen (secondary N) is 1. The number of aromatic nitrogens is 2. The molecule has 0 bridgehead atoms. The quantitative estimate of drug-likeness (QED) is 0.769. The Morgan fingerprint density at radius 1 is 1.53 bits per heavy atom. The van der Waals surface area contributed by atoms with Crippen molar-refractivity contribution in [2.24, 2.45) is 0 Å². The van der Waals surface area contributed by atoms with Crippen LogP contribution < -0.4 is 11.2 Å². The van der Waals surface area contributed by atoms with Gasteiger partial charge in [0, 0.05) is 11.8 Å². The van der Waals surface area contributed by atoms with Crippen LogP contribution in [0, 0.1) is 6.92 Å². The molecule has 6 nitrogen and oxygen atoms in total. The second-order valence-corrected chi connectivity index (χ2v) is 3.93. The lowest BCUT2D eigenvalue weighted by atomic mass is 10.3. The summed E-state index contributed by atoms with van der Waals surface area (Å²) in [5, 5.41) is 9.02. The summed E-state index contributed by atoms with van der Waals surface area (Å²) in [6, 6.07) is 0. The fourth-order valence-corrected chi connectivity index (χ4v) is 1.47. The summed E-state index contributed by atoms with van der Waals surface area (Å²) in [5.41, 5.74) is -0.467. The number of aryl methyl sites for hydroxylation is 1. The van der Waals surface area contributed by atoms with Crippen LogP contribution in [0.1, 0.15) is 32.1 Å². The van der Waals surface area contributed by atoms with Crippen LogP contribution in [-0.2, 0) is 4.74 Å². The van der Waals surface area contributed by atoms with Gasteiger partial charge in [-0.15, -0.1) is 0 Å². The van der Waals surface area contributed by atoms with E-state index in [0.717, 1.165) is 0 Å². The molecule has 0 aliphatic heterocycles. The molecular formula is C11H18N2O4. The highest BCUT2D eigenvalue weighted by Gasteiger charge is 2.13. The molecule has 0 spiro atoms. The molecule has 0 saturated heterocycles. The van der Waals surface area contributed by atoms with E-state index in [1.54, 1.807) is 13.8 Å². The van der Waals surface area contributed by atoms with E-state index in [4.69, 9.17) is 9.84 Å². The lowest BCUT2D eigenvalue weighted by molar-refractivity contribution is -0.0683. The molecule has 2 N–H and O–H groups in total. The first-order chi connectivity index (χ1) is 7.99. The van der Waals surface area contributed by atoms with Crippen molar-refractivity contribution in [3.05, 3.63) is 32.6 Å². The summed E-state index contributed by atoms with van der Waals surface area (Å²) in [7, 11) is 0. The maximum atomic E-state index is 11.6. The fourth-order valence-electron chi connectivity index (χ4n) is 1.47. The number of ether oxygens (including phenoxy) is 1. The summed E-state index contributed by atoms with van der Waals surface area (Å²) in [5.74, 6) is 0. The molecule has 2 atom stereocenters. The highest BCUT2D eigenvalue weighted by atomic mass is 16.5. The average molecular weight is 242 g/mol. The molecule has 0 aliphatic carbocycles. The highest BCUT2D eigenvalue weighted by molar-refractivity contribution is 5.01. The predicted molar refractivity (Wildman–Crippen MR) is 63.0 cm³/mol. The minimum atomic E-state index is -0.532. The van der Waals surface area contributed by atoms with Gasteiger partial charge in [0.2, 0.25) is 0 Å². The number of rotatable bonds is 5. The lowest BCUT2D eigenvalue weighted by Crippen LogP contribution is -2.35. The van der Waals surface area contributed by atoms with Crippen LogP contribution in [0.4, 0.5) is 0 Å². The molecular weight excluding hydrogens is 224 g/mol. The maximum absolute atomic E-state index is 11.6. The van der Waals surface area contributed by atoms with Crippen LogP contribution >= 0.6 is 0 Å². The Morgan fingerprint density at radius 3 is 2.71 bits per heavy atom. The Labute approximate surface area is 98.9 Å². The van der Waals surface area contributed by atoms with Crippen molar-refractivity contribution in [3.63, 3.8) is 0 Å². The standard InChI is InChI=1S/C11H18N2O4/c1-4-9(6-14)17-8(3)13-5-7(2)10(15)12-11(13)16/h5,8-9,14H,4,6H2,1-3H3,(H,12,15,16). The number of aliphatic hydroxyl groups is 1. The Kier molecular flexibility index (Phi) is 4.65. The summed E-state index contributed by atoms with van der Waals surface area (Å²) in [6.07, 6.45) is 1.26. The van der Waals surface area contributed by atoms with E-state index in [9.17, 15) is 9.59 Å². The minimum absolute atomic E-state index is 0.0993. The molecule has 1 rings (SSSR count). The van der Waals surface area contributed by atoms with E-state index < -0.39 is 17.5 Å². The molecule has 1 heterocycles. The van der Waals surface area contributed by atoms with Crippen LogP contribution in [0.5, 0.6) is 0 Å². The summed E-state index contributed by atoms with van der Waals surface area (Å²) in [4.78, 5) is 25.0. The topological polar surface area (TPSA) is 84.3 Å². The molecule has 2 unspecified atom stereocenters. The molecule has 0 saturated carbocycles. The van der Waals surface area contributed by atoms with Gasteiger partial charge in [0.1, 0.15) is 6.23 Å². The molecule has 0 radical (unpaired) electrons. The number of nitrogens with zero attached hydrogens (tertiary/aromatic N) is 1. The first kappa shape index (κ1) is 13.7. The molecule has 0 fully saturated rings. The zero-order valence-corrected chi connectivity index (χ0v) is 10.3. The summed E-state index contributed by atoms with van der Waals surface area (Å²) < 4.78 is 6.80. The maximum Gasteiger partial charge on any atom is 0.330 e. The third kappa shape index (κ3) is 3.28. The zero-order valence-electron chi connectivity index (χ0n) is 10.3. The van der Waals surface area contributed by atoms with E-state index >= 15 is 0 Å². The molecule has 1 aromatic rings. The number of hydrogen-bond acceptors (Lipinski definition) is 4. The predicted octanol–water partition coefficient (Wildman–Crippen LogP) is 0.151. The largest absolute Gasteiger partial charge is 0.394 e. The lowest BCUT2D eigenvalue weighted by Gasteiger charge is -2.21. The van der Waals surface area contributed by atoms with Gasteiger partial charge in [-0.05, 0) is 20.3 Å². The molecule has 0 aromatic carbocycles.